The molecule has 0 aliphatic rings. The average Bonchev–Trinajstić information content (AvgIpc) is 2.84. The average molecular weight is 352 g/mol. The van der Waals surface area contributed by atoms with Gasteiger partial charge in [-0.15, -0.1) is 11.3 Å². The fourth-order valence-corrected chi connectivity index (χ4v) is 3.46. The minimum atomic E-state index is 0.249. The lowest BCUT2D eigenvalue weighted by Crippen LogP contribution is -2.17. The summed E-state index contributed by atoms with van der Waals surface area (Å²) in [4.78, 5) is 2.85. The van der Waals surface area contributed by atoms with E-state index in [-0.39, 0.29) is 5.41 Å². The van der Waals surface area contributed by atoms with Crippen molar-refractivity contribution >= 4 is 27.3 Å². The van der Waals surface area contributed by atoms with Crippen LogP contribution < -0.4 is 5.32 Å². The van der Waals surface area contributed by atoms with Crippen LogP contribution in [-0.4, -0.2) is 0 Å². The monoisotopic (exact) mass is 351 g/mol. The van der Waals surface area contributed by atoms with Gasteiger partial charge < -0.3 is 5.32 Å². The van der Waals surface area contributed by atoms with Gasteiger partial charge in [-0.1, -0.05) is 48.8 Å². The zero-order valence-corrected chi connectivity index (χ0v) is 14.9. The molecule has 108 valence electrons. The summed E-state index contributed by atoms with van der Waals surface area (Å²) >= 11 is 5.43. The smallest absolute Gasteiger partial charge is 0.0305 e. The van der Waals surface area contributed by atoms with Gasteiger partial charge in [0.05, 0.1) is 0 Å². The largest absolute Gasteiger partial charge is 0.305 e. The minimum absolute atomic E-state index is 0.249. The molecule has 1 atom stereocenters. The van der Waals surface area contributed by atoms with Crippen LogP contribution in [0.2, 0.25) is 0 Å². The highest BCUT2D eigenvalue weighted by Gasteiger charge is 2.16. The van der Waals surface area contributed by atoms with Gasteiger partial charge in [0.25, 0.3) is 0 Å². The third-order valence-electron chi connectivity index (χ3n) is 3.33. The van der Waals surface area contributed by atoms with Crippen LogP contribution in [0, 0.1) is 0 Å². The second kappa shape index (κ2) is 6.42. The Kier molecular flexibility index (Phi) is 5.05. The van der Waals surface area contributed by atoms with E-state index in [0.717, 1.165) is 11.0 Å². The Morgan fingerprint density at radius 3 is 2.55 bits per heavy atom. The lowest BCUT2D eigenvalue weighted by Gasteiger charge is -2.16. The van der Waals surface area contributed by atoms with E-state index in [1.165, 1.54) is 15.3 Å². The van der Waals surface area contributed by atoms with Crippen molar-refractivity contribution in [2.75, 3.05) is 0 Å². The number of hydrogen-bond acceptors (Lipinski definition) is 2. The Bertz CT molecular complexity index is 568. The molecule has 0 amide bonds. The summed E-state index contributed by atoms with van der Waals surface area (Å²) < 4.78 is 1.13. The van der Waals surface area contributed by atoms with Crippen molar-refractivity contribution in [3.8, 4) is 0 Å². The summed E-state index contributed by atoms with van der Waals surface area (Å²) in [6.07, 6.45) is 0. The minimum Gasteiger partial charge on any atom is -0.305 e. The van der Waals surface area contributed by atoms with Crippen molar-refractivity contribution < 1.29 is 0 Å². The molecule has 1 aromatic carbocycles. The molecule has 2 rings (SSSR count). The molecule has 0 aliphatic carbocycles. The normalized spacial score (nSPS) is 13.4. The summed E-state index contributed by atoms with van der Waals surface area (Å²) in [5.74, 6) is 0. The van der Waals surface area contributed by atoms with Gasteiger partial charge in [-0.3, -0.25) is 0 Å². The molecule has 0 aliphatic heterocycles. The summed E-state index contributed by atoms with van der Waals surface area (Å²) in [7, 11) is 0. The van der Waals surface area contributed by atoms with Gasteiger partial charge in [0.1, 0.15) is 0 Å². The maximum atomic E-state index is 3.60. The third kappa shape index (κ3) is 4.18. The predicted molar refractivity (Wildman–Crippen MR) is 92.4 cm³/mol. The molecule has 1 N–H and O–H groups in total. The summed E-state index contributed by atoms with van der Waals surface area (Å²) in [6.45, 7) is 9.93. The highest BCUT2D eigenvalue weighted by atomic mass is 79.9. The molecule has 0 saturated carbocycles. The molecule has 0 spiro atoms. The van der Waals surface area contributed by atoms with Crippen LogP contribution >= 0.6 is 27.3 Å². The van der Waals surface area contributed by atoms with Gasteiger partial charge in [0, 0.05) is 26.8 Å². The molecule has 20 heavy (non-hydrogen) atoms. The van der Waals surface area contributed by atoms with Crippen molar-refractivity contribution in [3.05, 3.63) is 56.2 Å². The second-order valence-electron chi connectivity index (χ2n) is 6.17. The number of rotatable bonds is 4. The Labute approximate surface area is 134 Å². The summed E-state index contributed by atoms with van der Waals surface area (Å²) in [5, 5.41) is 3.60. The molecule has 0 radical (unpaired) electrons. The first-order chi connectivity index (χ1) is 9.36. The molecule has 0 unspecified atom stereocenters. The molecule has 3 heteroatoms. The molecule has 1 nitrogen and oxygen atoms in total. The number of nitrogens with one attached hydrogen (secondary N) is 1. The van der Waals surface area contributed by atoms with Gasteiger partial charge in [-0.2, -0.15) is 0 Å². The van der Waals surface area contributed by atoms with Crippen LogP contribution in [0.1, 0.15) is 49.1 Å². The van der Waals surface area contributed by atoms with Gasteiger partial charge >= 0.3 is 0 Å². The molecule has 0 fully saturated rings. The van der Waals surface area contributed by atoms with E-state index in [2.05, 4.69) is 85.3 Å². The first kappa shape index (κ1) is 15.7. The van der Waals surface area contributed by atoms with E-state index in [4.69, 9.17) is 0 Å². The van der Waals surface area contributed by atoms with E-state index in [1.807, 2.05) is 11.3 Å². The molecule has 1 aromatic heterocycles. The Morgan fingerprint density at radius 2 is 1.95 bits per heavy atom. The number of hydrogen-bond donors (Lipinski definition) is 1. The van der Waals surface area contributed by atoms with Crippen LogP contribution in [0.3, 0.4) is 0 Å². The molecule has 2 aromatic rings. The van der Waals surface area contributed by atoms with Gasteiger partial charge in [-0.05, 0) is 42.2 Å². The van der Waals surface area contributed by atoms with Crippen molar-refractivity contribution in [1.29, 1.82) is 0 Å². The van der Waals surface area contributed by atoms with E-state index in [9.17, 15) is 0 Å². The highest BCUT2D eigenvalue weighted by molar-refractivity contribution is 9.10. The van der Waals surface area contributed by atoms with Crippen LogP contribution in [0.4, 0.5) is 0 Å². The zero-order chi connectivity index (χ0) is 14.8. The van der Waals surface area contributed by atoms with E-state index >= 15 is 0 Å². The fraction of sp³-hybridized carbons (Fsp3) is 0.412. The van der Waals surface area contributed by atoms with E-state index in [0.29, 0.717) is 6.04 Å². The van der Waals surface area contributed by atoms with E-state index < -0.39 is 0 Å². The SMILES string of the molecule is C[C@H](NCc1ccc(C(C)(C)C)s1)c1cccc(Br)c1. The summed E-state index contributed by atoms with van der Waals surface area (Å²) in [5.41, 5.74) is 1.56. The van der Waals surface area contributed by atoms with Crippen molar-refractivity contribution in [1.82, 2.24) is 5.32 Å². The predicted octanol–water partition coefficient (Wildman–Crippen LogP) is 5.66. The number of thiophene rings is 1. The molecular weight excluding hydrogens is 330 g/mol. The Morgan fingerprint density at radius 1 is 1.20 bits per heavy atom. The van der Waals surface area contributed by atoms with Crippen LogP contribution in [0.25, 0.3) is 0 Å². The van der Waals surface area contributed by atoms with E-state index in [1.54, 1.807) is 0 Å². The lowest BCUT2D eigenvalue weighted by molar-refractivity contribution is 0.578. The van der Waals surface area contributed by atoms with Crippen LogP contribution in [0.15, 0.2) is 40.9 Å². The molecule has 0 saturated heterocycles. The first-order valence-corrected chi connectivity index (χ1v) is 8.55. The van der Waals surface area contributed by atoms with Gasteiger partial charge in [0.15, 0.2) is 0 Å². The second-order valence-corrected chi connectivity index (χ2v) is 8.26. The van der Waals surface area contributed by atoms with Gasteiger partial charge in [0.2, 0.25) is 0 Å². The summed E-state index contributed by atoms with van der Waals surface area (Å²) in [6, 6.07) is 13.3. The third-order valence-corrected chi connectivity index (χ3v) is 5.34. The fourth-order valence-electron chi connectivity index (χ4n) is 2.02. The quantitative estimate of drug-likeness (QED) is 0.749. The zero-order valence-electron chi connectivity index (χ0n) is 12.5. The number of benzene rings is 1. The number of halogens is 1. The van der Waals surface area contributed by atoms with Crippen molar-refractivity contribution in [2.45, 2.75) is 45.7 Å². The van der Waals surface area contributed by atoms with Crippen molar-refractivity contribution in [3.63, 3.8) is 0 Å². The molecular formula is C17H22BrNS. The molecule has 1 heterocycles. The first-order valence-electron chi connectivity index (χ1n) is 6.94. The topological polar surface area (TPSA) is 12.0 Å². The van der Waals surface area contributed by atoms with Gasteiger partial charge in [-0.25, -0.2) is 0 Å². The van der Waals surface area contributed by atoms with Crippen LogP contribution in [0.5, 0.6) is 0 Å². The maximum Gasteiger partial charge on any atom is 0.0305 e. The van der Waals surface area contributed by atoms with Crippen LogP contribution in [-0.2, 0) is 12.0 Å². The Hall–Kier alpha value is -0.640. The highest BCUT2D eigenvalue weighted by Crippen LogP contribution is 2.29. The Balaban J connectivity index is 1.97. The maximum absolute atomic E-state index is 3.60. The lowest BCUT2D eigenvalue weighted by atomic mass is 9.95. The van der Waals surface area contributed by atoms with Crippen molar-refractivity contribution in [2.24, 2.45) is 0 Å². The molecule has 0 bridgehead atoms. The standard InChI is InChI=1S/C17H22BrNS/c1-12(13-6-5-7-14(18)10-13)19-11-15-8-9-16(20-15)17(2,3)4/h5-10,12,19H,11H2,1-4H3/t12-/m0/s1.